The molecule has 3 aromatic carbocycles. The Balaban J connectivity index is 1.90. The SMILES string of the molecule is COc1cccc(C(C(=O)NC(C)(C)C)N(C(=O)Cn2nnc3ccccc32)c2cccc(C)c2)c1OC. The molecule has 1 aromatic heterocycles. The molecule has 1 N–H and O–H groups in total. The van der Waals surface area contributed by atoms with Gasteiger partial charge in [-0.05, 0) is 63.6 Å². The first-order valence-corrected chi connectivity index (χ1v) is 12.3. The molecule has 0 aliphatic carbocycles. The number of carbonyl (C=O) groups is 2. The average molecular weight is 516 g/mol. The van der Waals surface area contributed by atoms with Gasteiger partial charge in [0, 0.05) is 16.8 Å². The van der Waals surface area contributed by atoms with Gasteiger partial charge in [0.25, 0.3) is 0 Å². The zero-order chi connectivity index (χ0) is 27.4. The standard InChI is InChI=1S/C29H33N5O4/c1-19-11-9-12-20(17-19)34(25(35)18-33-23-15-8-7-14-22(23)31-32-33)26(28(36)30-29(2,3)4)21-13-10-16-24(37-5)27(21)38-6/h7-17,26H,18H2,1-6H3,(H,30,36). The lowest BCUT2D eigenvalue weighted by Crippen LogP contribution is -2.50. The van der Waals surface area contributed by atoms with Gasteiger partial charge in [-0.3, -0.25) is 14.5 Å². The molecule has 1 heterocycles. The molecule has 0 saturated heterocycles. The summed E-state index contributed by atoms with van der Waals surface area (Å²) in [5.41, 5.74) is 2.85. The van der Waals surface area contributed by atoms with Gasteiger partial charge in [0.05, 0.1) is 19.7 Å². The first-order valence-electron chi connectivity index (χ1n) is 12.3. The highest BCUT2D eigenvalue weighted by Gasteiger charge is 2.37. The fourth-order valence-electron chi connectivity index (χ4n) is 4.42. The van der Waals surface area contributed by atoms with Gasteiger partial charge in [-0.2, -0.15) is 0 Å². The largest absolute Gasteiger partial charge is 0.493 e. The number of amides is 2. The van der Waals surface area contributed by atoms with Crippen LogP contribution in [-0.4, -0.2) is 46.6 Å². The zero-order valence-electron chi connectivity index (χ0n) is 22.6. The number of aryl methyl sites for hydroxylation is 1. The Morgan fingerprint density at radius 3 is 2.42 bits per heavy atom. The number of anilines is 1. The Morgan fingerprint density at radius 1 is 1.00 bits per heavy atom. The van der Waals surface area contributed by atoms with Crippen molar-refractivity contribution in [3.63, 3.8) is 0 Å². The van der Waals surface area contributed by atoms with E-state index in [9.17, 15) is 9.59 Å². The molecule has 9 heteroatoms. The van der Waals surface area contributed by atoms with E-state index in [-0.39, 0.29) is 18.4 Å². The van der Waals surface area contributed by atoms with Crippen molar-refractivity contribution in [1.82, 2.24) is 20.3 Å². The lowest BCUT2D eigenvalue weighted by atomic mass is 9.99. The zero-order valence-corrected chi connectivity index (χ0v) is 22.6. The molecule has 0 bridgehead atoms. The van der Waals surface area contributed by atoms with Crippen LogP contribution in [0.15, 0.2) is 66.7 Å². The second-order valence-corrected chi connectivity index (χ2v) is 10.1. The van der Waals surface area contributed by atoms with E-state index in [1.165, 1.54) is 19.1 Å². The first kappa shape index (κ1) is 26.7. The molecule has 0 spiro atoms. The number of carbonyl (C=O) groups excluding carboxylic acids is 2. The van der Waals surface area contributed by atoms with Crippen molar-refractivity contribution in [2.75, 3.05) is 19.1 Å². The molecule has 1 unspecified atom stereocenters. The summed E-state index contributed by atoms with van der Waals surface area (Å²) in [6, 6.07) is 19.1. The van der Waals surface area contributed by atoms with Gasteiger partial charge in [-0.25, -0.2) is 4.68 Å². The topological polar surface area (TPSA) is 98.6 Å². The van der Waals surface area contributed by atoms with Gasteiger partial charge in [-0.1, -0.05) is 41.6 Å². The number of benzene rings is 3. The number of nitrogens with zero attached hydrogens (tertiary/aromatic N) is 4. The molecule has 0 saturated carbocycles. The predicted octanol–water partition coefficient (Wildman–Crippen LogP) is 4.45. The van der Waals surface area contributed by atoms with Crippen molar-refractivity contribution in [3.05, 3.63) is 77.9 Å². The number of fused-ring (bicyclic) bond motifs is 1. The minimum absolute atomic E-state index is 0.125. The third-order valence-electron chi connectivity index (χ3n) is 5.99. The Labute approximate surface area is 222 Å². The molecule has 38 heavy (non-hydrogen) atoms. The molecule has 0 fully saturated rings. The summed E-state index contributed by atoms with van der Waals surface area (Å²) in [5, 5.41) is 11.4. The van der Waals surface area contributed by atoms with Gasteiger partial charge in [0.2, 0.25) is 11.8 Å². The van der Waals surface area contributed by atoms with E-state index in [1.807, 2.05) is 76.2 Å². The molecule has 0 aliphatic heterocycles. The fraction of sp³-hybridized carbons (Fsp3) is 0.310. The van der Waals surface area contributed by atoms with Gasteiger partial charge in [0.15, 0.2) is 11.5 Å². The number of methoxy groups -OCH3 is 2. The van der Waals surface area contributed by atoms with E-state index in [0.29, 0.717) is 28.3 Å². The summed E-state index contributed by atoms with van der Waals surface area (Å²) in [4.78, 5) is 29.7. The third-order valence-corrected chi connectivity index (χ3v) is 5.99. The van der Waals surface area contributed by atoms with Crippen LogP contribution in [0, 0.1) is 6.92 Å². The maximum atomic E-state index is 14.2. The molecule has 0 radical (unpaired) electrons. The van der Waals surface area contributed by atoms with Gasteiger partial charge in [-0.15, -0.1) is 5.10 Å². The van der Waals surface area contributed by atoms with Crippen LogP contribution in [0.4, 0.5) is 5.69 Å². The van der Waals surface area contributed by atoms with Crippen LogP contribution in [0.2, 0.25) is 0 Å². The van der Waals surface area contributed by atoms with Crippen LogP contribution in [0.5, 0.6) is 11.5 Å². The summed E-state index contributed by atoms with van der Waals surface area (Å²) in [6.07, 6.45) is 0. The Bertz CT molecular complexity index is 1460. The van der Waals surface area contributed by atoms with Crippen molar-refractivity contribution < 1.29 is 19.1 Å². The average Bonchev–Trinajstić information content (AvgIpc) is 3.28. The quantitative estimate of drug-likeness (QED) is 0.372. The number of nitrogens with one attached hydrogen (secondary N) is 1. The van der Waals surface area contributed by atoms with Crippen LogP contribution >= 0.6 is 0 Å². The molecule has 4 aromatic rings. The van der Waals surface area contributed by atoms with Crippen LogP contribution < -0.4 is 19.7 Å². The number of rotatable bonds is 8. The molecule has 0 aliphatic rings. The summed E-state index contributed by atoms with van der Waals surface area (Å²) < 4.78 is 12.8. The van der Waals surface area contributed by atoms with Crippen LogP contribution in [-0.2, 0) is 16.1 Å². The van der Waals surface area contributed by atoms with Crippen LogP contribution in [0.25, 0.3) is 11.0 Å². The highest BCUT2D eigenvalue weighted by Crippen LogP contribution is 2.39. The maximum Gasteiger partial charge on any atom is 0.249 e. The maximum absolute atomic E-state index is 14.2. The van der Waals surface area contributed by atoms with E-state index in [1.54, 1.807) is 22.9 Å². The molecular weight excluding hydrogens is 482 g/mol. The monoisotopic (exact) mass is 515 g/mol. The number of ether oxygens (including phenoxy) is 2. The van der Waals surface area contributed by atoms with Crippen LogP contribution in [0.3, 0.4) is 0 Å². The Kier molecular flexibility index (Phi) is 7.66. The minimum Gasteiger partial charge on any atom is -0.493 e. The van der Waals surface area contributed by atoms with Crippen molar-refractivity contribution >= 4 is 28.5 Å². The van der Waals surface area contributed by atoms with E-state index in [2.05, 4.69) is 15.6 Å². The van der Waals surface area contributed by atoms with Crippen LogP contribution in [0.1, 0.15) is 37.9 Å². The molecule has 1 atom stereocenters. The third kappa shape index (κ3) is 5.61. The lowest BCUT2D eigenvalue weighted by Gasteiger charge is -2.34. The normalized spacial score (nSPS) is 12.2. The lowest BCUT2D eigenvalue weighted by molar-refractivity contribution is -0.128. The smallest absolute Gasteiger partial charge is 0.249 e. The second-order valence-electron chi connectivity index (χ2n) is 10.1. The number of para-hydroxylation sites is 2. The summed E-state index contributed by atoms with van der Waals surface area (Å²) >= 11 is 0. The van der Waals surface area contributed by atoms with E-state index in [0.717, 1.165) is 11.1 Å². The molecule has 4 rings (SSSR count). The number of aromatic nitrogens is 3. The number of hydrogen-bond donors (Lipinski definition) is 1. The highest BCUT2D eigenvalue weighted by atomic mass is 16.5. The van der Waals surface area contributed by atoms with Gasteiger partial charge in [0.1, 0.15) is 18.1 Å². The van der Waals surface area contributed by atoms with E-state index < -0.39 is 11.6 Å². The number of hydrogen-bond acceptors (Lipinski definition) is 6. The molecule has 198 valence electrons. The highest BCUT2D eigenvalue weighted by molar-refractivity contribution is 6.02. The summed E-state index contributed by atoms with van der Waals surface area (Å²) in [6.45, 7) is 7.49. The van der Waals surface area contributed by atoms with Crippen molar-refractivity contribution in [2.24, 2.45) is 0 Å². The summed E-state index contributed by atoms with van der Waals surface area (Å²) in [7, 11) is 3.05. The first-order chi connectivity index (χ1) is 18.1. The summed E-state index contributed by atoms with van der Waals surface area (Å²) in [5.74, 6) is 0.130. The fourth-order valence-corrected chi connectivity index (χ4v) is 4.42. The van der Waals surface area contributed by atoms with Crippen molar-refractivity contribution in [1.29, 1.82) is 0 Å². The van der Waals surface area contributed by atoms with Gasteiger partial charge < -0.3 is 14.8 Å². The molecule has 2 amide bonds. The Hall–Kier alpha value is -4.40. The molecule has 9 nitrogen and oxygen atoms in total. The van der Waals surface area contributed by atoms with Crippen molar-refractivity contribution in [2.45, 2.75) is 45.8 Å². The van der Waals surface area contributed by atoms with Gasteiger partial charge >= 0.3 is 0 Å². The van der Waals surface area contributed by atoms with Crippen molar-refractivity contribution in [3.8, 4) is 11.5 Å². The molecular formula is C29H33N5O4. The Morgan fingerprint density at radius 2 is 1.74 bits per heavy atom. The predicted molar refractivity (Wildman–Crippen MR) is 146 cm³/mol. The van der Waals surface area contributed by atoms with E-state index in [4.69, 9.17) is 9.47 Å². The minimum atomic E-state index is -1.07. The van der Waals surface area contributed by atoms with E-state index >= 15 is 0 Å². The second kappa shape index (κ2) is 10.9.